The Bertz CT molecular complexity index is 825. The highest BCUT2D eigenvalue weighted by Gasteiger charge is 2.20. The lowest BCUT2D eigenvalue weighted by molar-refractivity contribution is 0.103. The zero-order valence-corrected chi connectivity index (χ0v) is 12.0. The van der Waals surface area contributed by atoms with Crippen LogP contribution in [0.1, 0.15) is 28.7 Å². The molecule has 0 aliphatic rings. The zero-order valence-electron chi connectivity index (χ0n) is 11.2. The van der Waals surface area contributed by atoms with Crippen molar-refractivity contribution in [3.05, 3.63) is 58.8 Å². The van der Waals surface area contributed by atoms with Crippen molar-refractivity contribution in [2.75, 3.05) is 0 Å². The number of fused-ring (bicyclic) bond motifs is 1. The van der Waals surface area contributed by atoms with E-state index in [9.17, 15) is 9.90 Å². The fraction of sp³-hybridized carbons (Fsp3) is 0.133. The third-order valence-corrected chi connectivity index (χ3v) is 3.44. The number of nitrogens with zero attached hydrogens (tertiary/aromatic N) is 3. The minimum absolute atomic E-state index is 0.119. The number of hydrogen-bond acceptors (Lipinski definition) is 4. The van der Waals surface area contributed by atoms with Crippen LogP contribution in [0.25, 0.3) is 5.65 Å². The topological polar surface area (TPSA) is 67.5 Å². The van der Waals surface area contributed by atoms with Gasteiger partial charge in [-0.2, -0.15) is 0 Å². The number of aromatic hydroxyl groups is 1. The lowest BCUT2D eigenvalue weighted by atomic mass is 10.1. The van der Waals surface area contributed by atoms with Crippen LogP contribution in [0.2, 0.25) is 5.15 Å². The van der Waals surface area contributed by atoms with Crippen LogP contribution in [0.15, 0.2) is 36.7 Å². The van der Waals surface area contributed by atoms with E-state index in [2.05, 4.69) is 9.97 Å². The van der Waals surface area contributed by atoms with E-state index in [1.807, 2.05) is 6.92 Å². The first kappa shape index (κ1) is 13.6. The van der Waals surface area contributed by atoms with Crippen LogP contribution < -0.4 is 0 Å². The van der Waals surface area contributed by atoms with E-state index in [1.54, 1.807) is 22.6 Å². The molecule has 0 saturated heterocycles. The molecule has 1 aromatic carbocycles. The van der Waals surface area contributed by atoms with Crippen LogP contribution in [-0.4, -0.2) is 25.3 Å². The Morgan fingerprint density at radius 2 is 2.05 bits per heavy atom. The summed E-state index contributed by atoms with van der Waals surface area (Å²) in [4.78, 5) is 21.1. The normalized spacial score (nSPS) is 11.0. The Morgan fingerprint density at radius 3 is 2.71 bits per heavy atom. The van der Waals surface area contributed by atoms with Gasteiger partial charge < -0.3 is 5.11 Å². The van der Waals surface area contributed by atoms with Gasteiger partial charge in [0.25, 0.3) is 0 Å². The first-order valence-corrected chi connectivity index (χ1v) is 6.84. The molecule has 2 heterocycles. The van der Waals surface area contributed by atoms with E-state index in [0.29, 0.717) is 34.2 Å². The van der Waals surface area contributed by atoms with Crippen molar-refractivity contribution in [3.8, 4) is 5.75 Å². The van der Waals surface area contributed by atoms with Gasteiger partial charge in [-0.3, -0.25) is 9.20 Å². The Hall–Kier alpha value is -2.40. The summed E-state index contributed by atoms with van der Waals surface area (Å²) in [5.41, 5.74) is 2.24. The number of carbonyl (C=O) groups excluding carboxylic acids is 1. The van der Waals surface area contributed by atoms with Gasteiger partial charge in [-0.05, 0) is 30.7 Å². The fourth-order valence-corrected chi connectivity index (χ4v) is 2.35. The molecular formula is C15H12ClN3O2. The number of phenols is 1. The smallest absolute Gasteiger partial charge is 0.211 e. The molecule has 0 aliphatic heterocycles. The van der Waals surface area contributed by atoms with Crippen LogP contribution in [-0.2, 0) is 6.42 Å². The first-order chi connectivity index (χ1) is 10.1. The van der Waals surface area contributed by atoms with Gasteiger partial charge >= 0.3 is 0 Å². The molecule has 106 valence electrons. The molecule has 0 aliphatic carbocycles. The number of rotatable bonds is 3. The minimum atomic E-state index is -0.163. The molecule has 3 rings (SSSR count). The molecule has 1 N–H and O–H groups in total. The molecular weight excluding hydrogens is 290 g/mol. The average Bonchev–Trinajstić information content (AvgIpc) is 2.84. The highest BCUT2D eigenvalue weighted by atomic mass is 35.5. The Balaban J connectivity index is 2.18. The van der Waals surface area contributed by atoms with Crippen molar-refractivity contribution in [3.63, 3.8) is 0 Å². The van der Waals surface area contributed by atoms with Gasteiger partial charge in [0.15, 0.2) is 0 Å². The monoisotopic (exact) mass is 301 g/mol. The second kappa shape index (κ2) is 5.18. The predicted octanol–water partition coefficient (Wildman–Crippen LogP) is 2.88. The third-order valence-electron chi connectivity index (χ3n) is 3.23. The van der Waals surface area contributed by atoms with Crippen LogP contribution in [0.5, 0.6) is 5.75 Å². The molecule has 5 nitrogen and oxygen atoms in total. The Kier molecular flexibility index (Phi) is 3.35. The number of imidazole rings is 1. The predicted molar refractivity (Wildman–Crippen MR) is 78.9 cm³/mol. The maximum absolute atomic E-state index is 12.7. The number of halogens is 1. The molecule has 6 heteroatoms. The molecule has 0 fully saturated rings. The van der Waals surface area contributed by atoms with E-state index in [-0.39, 0.29) is 11.5 Å². The molecule has 21 heavy (non-hydrogen) atoms. The summed E-state index contributed by atoms with van der Waals surface area (Å²) >= 11 is 5.86. The summed E-state index contributed by atoms with van der Waals surface area (Å²) < 4.78 is 1.64. The van der Waals surface area contributed by atoms with Gasteiger partial charge in [-0.15, -0.1) is 0 Å². The average molecular weight is 302 g/mol. The number of carbonyl (C=O) groups is 1. The second-order valence-corrected chi connectivity index (χ2v) is 4.96. The van der Waals surface area contributed by atoms with Crippen LogP contribution in [0.3, 0.4) is 0 Å². The second-order valence-electron chi connectivity index (χ2n) is 4.58. The summed E-state index contributed by atoms with van der Waals surface area (Å²) in [5.74, 6) is -0.0441. The van der Waals surface area contributed by atoms with Gasteiger partial charge in [-0.25, -0.2) is 9.97 Å². The van der Waals surface area contributed by atoms with Crippen molar-refractivity contribution in [1.29, 1.82) is 0 Å². The Labute approximate surface area is 125 Å². The van der Waals surface area contributed by atoms with Crippen molar-refractivity contribution >= 4 is 23.0 Å². The largest absolute Gasteiger partial charge is 0.508 e. The molecule has 2 aromatic heterocycles. The van der Waals surface area contributed by atoms with E-state index in [4.69, 9.17) is 11.6 Å². The SMILES string of the molecule is CCc1nc2cc(Cl)ncn2c1C(=O)c1ccc(O)cc1. The molecule has 0 radical (unpaired) electrons. The quantitative estimate of drug-likeness (QED) is 0.596. The van der Waals surface area contributed by atoms with Gasteiger partial charge in [0.2, 0.25) is 5.78 Å². The Morgan fingerprint density at radius 1 is 1.33 bits per heavy atom. The molecule has 0 atom stereocenters. The number of aryl methyl sites for hydroxylation is 1. The lowest BCUT2D eigenvalue weighted by Gasteiger charge is -2.03. The van der Waals surface area contributed by atoms with Crippen LogP contribution in [0.4, 0.5) is 0 Å². The number of hydrogen-bond donors (Lipinski definition) is 1. The summed E-state index contributed by atoms with van der Waals surface area (Å²) in [5, 5.41) is 9.65. The highest BCUT2D eigenvalue weighted by molar-refractivity contribution is 6.29. The maximum Gasteiger partial charge on any atom is 0.211 e. The van der Waals surface area contributed by atoms with Gasteiger partial charge in [0.1, 0.15) is 28.6 Å². The standard InChI is InChI=1S/C15H12ClN3O2/c1-2-11-14(15(21)9-3-5-10(20)6-4-9)19-8-17-12(16)7-13(19)18-11/h3-8,20H,2H2,1H3. The third kappa shape index (κ3) is 2.36. The number of ketones is 1. The number of benzene rings is 1. The van der Waals surface area contributed by atoms with Crippen molar-refractivity contribution in [2.45, 2.75) is 13.3 Å². The molecule has 0 unspecified atom stereocenters. The summed E-state index contributed by atoms with van der Waals surface area (Å²) in [6.45, 7) is 1.93. The van der Waals surface area contributed by atoms with E-state index < -0.39 is 0 Å². The summed E-state index contributed by atoms with van der Waals surface area (Å²) in [6, 6.07) is 7.75. The molecule has 0 spiro atoms. The lowest BCUT2D eigenvalue weighted by Crippen LogP contribution is -2.08. The fourth-order valence-electron chi connectivity index (χ4n) is 2.21. The van der Waals surface area contributed by atoms with Crippen molar-refractivity contribution in [2.24, 2.45) is 0 Å². The molecule has 0 bridgehead atoms. The molecule has 0 amide bonds. The van der Waals surface area contributed by atoms with Crippen LogP contribution >= 0.6 is 11.6 Å². The van der Waals surface area contributed by atoms with Crippen molar-refractivity contribution < 1.29 is 9.90 Å². The maximum atomic E-state index is 12.7. The first-order valence-electron chi connectivity index (χ1n) is 6.46. The van der Waals surface area contributed by atoms with Gasteiger partial charge in [0, 0.05) is 11.6 Å². The molecule has 0 saturated carbocycles. The van der Waals surface area contributed by atoms with E-state index in [1.165, 1.54) is 18.5 Å². The van der Waals surface area contributed by atoms with E-state index in [0.717, 1.165) is 0 Å². The molecule has 3 aromatic rings. The number of aromatic nitrogens is 3. The van der Waals surface area contributed by atoms with Crippen molar-refractivity contribution in [1.82, 2.24) is 14.4 Å². The zero-order chi connectivity index (χ0) is 15.0. The summed E-state index contributed by atoms with van der Waals surface area (Å²) in [7, 11) is 0. The number of phenolic OH excluding ortho intramolecular Hbond substituents is 1. The summed E-state index contributed by atoms with van der Waals surface area (Å²) in [6.07, 6.45) is 2.12. The highest BCUT2D eigenvalue weighted by Crippen LogP contribution is 2.20. The van der Waals surface area contributed by atoms with Gasteiger partial charge in [-0.1, -0.05) is 18.5 Å². The van der Waals surface area contributed by atoms with E-state index >= 15 is 0 Å². The van der Waals surface area contributed by atoms with Crippen LogP contribution in [0, 0.1) is 0 Å². The minimum Gasteiger partial charge on any atom is -0.508 e. The van der Waals surface area contributed by atoms with Gasteiger partial charge in [0.05, 0.1) is 5.69 Å².